The van der Waals surface area contributed by atoms with E-state index in [-0.39, 0.29) is 5.91 Å². The summed E-state index contributed by atoms with van der Waals surface area (Å²) in [4.78, 5) is 17.7. The van der Waals surface area contributed by atoms with Crippen molar-refractivity contribution in [1.29, 1.82) is 0 Å². The van der Waals surface area contributed by atoms with E-state index in [2.05, 4.69) is 24.4 Å². The predicted octanol–water partition coefficient (Wildman–Crippen LogP) is 5.14. The standard InChI is InChI=1S/C24H20N2O/c1-17-8-7-11-19(14-17)23-15-21(20-12-5-6-13-22(20)26-23)24(27)25-16-18-9-3-2-4-10-18/h2-15H,16H2,1H3,(H,25,27). The Morgan fingerprint density at radius 2 is 1.67 bits per heavy atom. The minimum atomic E-state index is -0.0913. The van der Waals surface area contributed by atoms with Crippen LogP contribution in [-0.4, -0.2) is 10.9 Å². The molecule has 0 spiro atoms. The first-order chi connectivity index (χ1) is 13.2. The fraction of sp³-hybridized carbons (Fsp3) is 0.0833. The van der Waals surface area contributed by atoms with E-state index < -0.39 is 0 Å². The molecule has 0 aliphatic rings. The first-order valence-electron chi connectivity index (χ1n) is 9.00. The van der Waals surface area contributed by atoms with Gasteiger partial charge >= 0.3 is 0 Å². The zero-order valence-corrected chi connectivity index (χ0v) is 15.1. The van der Waals surface area contributed by atoms with Gasteiger partial charge in [0, 0.05) is 17.5 Å². The van der Waals surface area contributed by atoms with Gasteiger partial charge in [-0.05, 0) is 30.7 Å². The average Bonchev–Trinajstić information content (AvgIpc) is 2.72. The number of hydrogen-bond acceptors (Lipinski definition) is 2. The fourth-order valence-electron chi connectivity index (χ4n) is 3.19. The second kappa shape index (κ2) is 7.42. The number of fused-ring (bicyclic) bond motifs is 1. The van der Waals surface area contributed by atoms with Crippen LogP contribution >= 0.6 is 0 Å². The molecular formula is C24H20N2O. The minimum absolute atomic E-state index is 0.0913. The number of carbonyl (C=O) groups is 1. The molecular weight excluding hydrogens is 332 g/mol. The molecule has 27 heavy (non-hydrogen) atoms. The Kier molecular flexibility index (Phi) is 4.67. The summed E-state index contributed by atoms with van der Waals surface area (Å²) in [5, 5.41) is 3.89. The molecule has 1 aromatic heterocycles. The van der Waals surface area contributed by atoms with Crippen LogP contribution in [0.15, 0.2) is 84.9 Å². The third-order valence-electron chi connectivity index (χ3n) is 4.57. The first-order valence-corrected chi connectivity index (χ1v) is 9.00. The van der Waals surface area contributed by atoms with Gasteiger partial charge in [-0.25, -0.2) is 4.98 Å². The Balaban J connectivity index is 1.73. The smallest absolute Gasteiger partial charge is 0.252 e. The number of aromatic nitrogens is 1. The molecule has 4 rings (SSSR count). The highest BCUT2D eigenvalue weighted by molar-refractivity contribution is 6.07. The van der Waals surface area contributed by atoms with Crippen molar-refractivity contribution in [2.45, 2.75) is 13.5 Å². The molecule has 1 amide bonds. The molecule has 0 saturated heterocycles. The van der Waals surface area contributed by atoms with E-state index in [0.717, 1.165) is 33.3 Å². The minimum Gasteiger partial charge on any atom is -0.348 e. The molecule has 0 unspecified atom stereocenters. The lowest BCUT2D eigenvalue weighted by Crippen LogP contribution is -2.23. The molecule has 0 saturated carbocycles. The molecule has 0 aliphatic heterocycles. The van der Waals surface area contributed by atoms with Gasteiger partial charge in [-0.2, -0.15) is 0 Å². The number of amides is 1. The number of carbonyl (C=O) groups excluding carboxylic acids is 1. The third kappa shape index (κ3) is 3.72. The van der Waals surface area contributed by atoms with Gasteiger partial charge in [0.25, 0.3) is 5.91 Å². The van der Waals surface area contributed by atoms with Crippen LogP contribution in [0.5, 0.6) is 0 Å². The van der Waals surface area contributed by atoms with Gasteiger partial charge < -0.3 is 5.32 Å². The van der Waals surface area contributed by atoms with Crippen LogP contribution in [-0.2, 0) is 6.54 Å². The maximum Gasteiger partial charge on any atom is 0.252 e. The molecule has 3 nitrogen and oxygen atoms in total. The summed E-state index contributed by atoms with van der Waals surface area (Å²) < 4.78 is 0. The van der Waals surface area contributed by atoms with Gasteiger partial charge in [-0.15, -0.1) is 0 Å². The normalized spacial score (nSPS) is 10.7. The Labute approximate surface area is 158 Å². The Morgan fingerprint density at radius 3 is 2.48 bits per heavy atom. The lowest BCUT2D eigenvalue weighted by atomic mass is 10.0. The summed E-state index contributed by atoms with van der Waals surface area (Å²) >= 11 is 0. The van der Waals surface area contributed by atoms with E-state index in [1.54, 1.807) is 0 Å². The van der Waals surface area contributed by atoms with Crippen LogP contribution in [0.1, 0.15) is 21.5 Å². The molecule has 0 aliphatic carbocycles. The number of rotatable bonds is 4. The third-order valence-corrected chi connectivity index (χ3v) is 4.57. The Morgan fingerprint density at radius 1 is 0.889 bits per heavy atom. The van der Waals surface area contributed by atoms with Gasteiger partial charge in [0.1, 0.15) is 0 Å². The quantitative estimate of drug-likeness (QED) is 0.552. The van der Waals surface area contributed by atoms with Crippen LogP contribution in [0.3, 0.4) is 0 Å². The zero-order chi connectivity index (χ0) is 18.6. The van der Waals surface area contributed by atoms with Crippen molar-refractivity contribution in [3.05, 3.63) is 102 Å². The van der Waals surface area contributed by atoms with Crippen LogP contribution < -0.4 is 5.32 Å². The van der Waals surface area contributed by atoms with Gasteiger partial charge in [0.2, 0.25) is 0 Å². The molecule has 132 valence electrons. The van der Waals surface area contributed by atoms with Crippen molar-refractivity contribution in [3.8, 4) is 11.3 Å². The Bertz CT molecular complexity index is 1100. The number of nitrogens with zero attached hydrogens (tertiary/aromatic N) is 1. The van der Waals surface area contributed by atoms with Gasteiger partial charge in [0.15, 0.2) is 0 Å². The second-order valence-corrected chi connectivity index (χ2v) is 6.61. The Hall–Kier alpha value is -3.46. The highest BCUT2D eigenvalue weighted by atomic mass is 16.1. The van der Waals surface area contributed by atoms with E-state index >= 15 is 0 Å². The number of hydrogen-bond donors (Lipinski definition) is 1. The van der Waals surface area contributed by atoms with Gasteiger partial charge in [-0.1, -0.05) is 72.3 Å². The van der Waals surface area contributed by atoms with Crippen molar-refractivity contribution in [2.75, 3.05) is 0 Å². The largest absolute Gasteiger partial charge is 0.348 e. The lowest BCUT2D eigenvalue weighted by molar-refractivity contribution is 0.0952. The number of pyridine rings is 1. The molecule has 0 fully saturated rings. The van der Waals surface area contributed by atoms with Crippen molar-refractivity contribution in [3.63, 3.8) is 0 Å². The van der Waals surface area contributed by atoms with Crippen molar-refractivity contribution in [2.24, 2.45) is 0 Å². The average molecular weight is 352 g/mol. The maximum absolute atomic E-state index is 12.9. The van der Waals surface area contributed by atoms with E-state index in [0.29, 0.717) is 12.1 Å². The zero-order valence-electron chi connectivity index (χ0n) is 15.1. The van der Waals surface area contributed by atoms with E-state index in [1.807, 2.05) is 72.8 Å². The maximum atomic E-state index is 12.9. The highest BCUT2D eigenvalue weighted by Crippen LogP contribution is 2.25. The number of nitrogens with one attached hydrogen (secondary N) is 1. The number of aryl methyl sites for hydroxylation is 1. The molecule has 1 heterocycles. The second-order valence-electron chi connectivity index (χ2n) is 6.61. The fourth-order valence-corrected chi connectivity index (χ4v) is 3.19. The van der Waals surface area contributed by atoms with Crippen LogP contribution in [0.4, 0.5) is 0 Å². The summed E-state index contributed by atoms with van der Waals surface area (Å²) in [6.45, 7) is 2.55. The van der Waals surface area contributed by atoms with Crippen LogP contribution in [0.2, 0.25) is 0 Å². The summed E-state index contributed by atoms with van der Waals surface area (Å²) in [5.74, 6) is -0.0913. The molecule has 1 N–H and O–H groups in total. The summed E-state index contributed by atoms with van der Waals surface area (Å²) in [7, 11) is 0. The van der Waals surface area contributed by atoms with E-state index in [1.165, 1.54) is 0 Å². The SMILES string of the molecule is Cc1cccc(-c2cc(C(=O)NCc3ccccc3)c3ccccc3n2)c1. The van der Waals surface area contributed by atoms with Gasteiger partial charge in [-0.3, -0.25) is 4.79 Å². The number of para-hydroxylation sites is 1. The molecule has 0 radical (unpaired) electrons. The molecule has 3 heteroatoms. The summed E-state index contributed by atoms with van der Waals surface area (Å²) in [5.41, 5.74) is 5.52. The van der Waals surface area contributed by atoms with Crippen molar-refractivity contribution in [1.82, 2.24) is 10.3 Å². The van der Waals surface area contributed by atoms with Crippen LogP contribution in [0, 0.1) is 6.92 Å². The highest BCUT2D eigenvalue weighted by Gasteiger charge is 2.14. The van der Waals surface area contributed by atoms with E-state index in [9.17, 15) is 4.79 Å². The molecule has 4 aromatic rings. The summed E-state index contributed by atoms with van der Waals surface area (Å²) in [6, 6.07) is 27.7. The topological polar surface area (TPSA) is 42.0 Å². The van der Waals surface area contributed by atoms with E-state index in [4.69, 9.17) is 4.98 Å². The monoisotopic (exact) mass is 352 g/mol. The summed E-state index contributed by atoms with van der Waals surface area (Å²) in [6.07, 6.45) is 0. The van der Waals surface area contributed by atoms with Crippen molar-refractivity contribution < 1.29 is 4.79 Å². The van der Waals surface area contributed by atoms with Gasteiger partial charge in [0.05, 0.1) is 16.8 Å². The first kappa shape index (κ1) is 17.0. The molecule has 3 aromatic carbocycles. The molecule has 0 bridgehead atoms. The van der Waals surface area contributed by atoms with Crippen molar-refractivity contribution >= 4 is 16.8 Å². The lowest BCUT2D eigenvalue weighted by Gasteiger charge is -2.11. The number of benzene rings is 3. The molecule has 0 atom stereocenters. The predicted molar refractivity (Wildman–Crippen MR) is 110 cm³/mol. The van der Waals surface area contributed by atoms with Crippen LogP contribution in [0.25, 0.3) is 22.2 Å².